The van der Waals surface area contributed by atoms with E-state index in [1.807, 2.05) is 0 Å². The maximum Gasteiger partial charge on any atom is -0.0129 e. The average molecular weight is 246 g/mol. The molecule has 0 nitrogen and oxygen atoms in total. The zero-order valence-corrected chi connectivity index (χ0v) is 12.1. The van der Waals surface area contributed by atoms with Gasteiger partial charge in [0.1, 0.15) is 0 Å². The van der Waals surface area contributed by atoms with Crippen molar-refractivity contribution >= 4 is 0 Å². The van der Waals surface area contributed by atoms with Crippen LogP contribution in [-0.2, 0) is 18.3 Å². The van der Waals surface area contributed by atoms with Crippen molar-refractivity contribution < 1.29 is 0 Å². The first-order valence-corrected chi connectivity index (χ1v) is 7.06. The van der Waals surface area contributed by atoms with Gasteiger partial charge in [0.05, 0.1) is 0 Å². The molecule has 102 valence electrons. The Labute approximate surface area is 114 Å². The van der Waals surface area contributed by atoms with Gasteiger partial charge in [-0.2, -0.15) is 0 Å². The molecule has 0 amide bonds. The minimum atomic E-state index is 0. The monoisotopic (exact) mass is 246 g/mol. The fourth-order valence-electron chi connectivity index (χ4n) is 2.93. The molecule has 0 radical (unpaired) electrons. The van der Waals surface area contributed by atoms with E-state index in [2.05, 4.69) is 46.8 Å². The molecule has 0 atom stereocenters. The maximum atomic E-state index is 2.50. The van der Waals surface area contributed by atoms with E-state index in [-0.39, 0.29) is 12.8 Å². The third-order valence-electron chi connectivity index (χ3n) is 3.94. The number of benzene rings is 1. The molecule has 1 aliphatic carbocycles. The van der Waals surface area contributed by atoms with Gasteiger partial charge in [-0.05, 0) is 59.3 Å². The van der Waals surface area contributed by atoms with Gasteiger partial charge in [0.25, 0.3) is 0 Å². The van der Waals surface area contributed by atoms with Crippen LogP contribution in [0.25, 0.3) is 0 Å². The summed E-state index contributed by atoms with van der Waals surface area (Å²) in [7, 11) is 0. The molecule has 0 fully saturated rings. The van der Waals surface area contributed by atoms with E-state index in [1.54, 1.807) is 22.3 Å². The molecule has 0 unspecified atom stereocenters. The first kappa shape index (κ1) is 15.3. The van der Waals surface area contributed by atoms with E-state index in [4.69, 9.17) is 0 Å². The second-order valence-corrected chi connectivity index (χ2v) is 6.82. The summed E-state index contributed by atoms with van der Waals surface area (Å²) in [4.78, 5) is 0. The minimum absolute atomic E-state index is 0. The number of hydrogen-bond acceptors (Lipinski definition) is 0. The lowest BCUT2D eigenvalue weighted by Crippen LogP contribution is -2.17. The summed E-state index contributed by atoms with van der Waals surface area (Å²) in [6, 6.07) is 5.00. The third kappa shape index (κ3) is 2.96. The van der Waals surface area contributed by atoms with E-state index in [0.29, 0.717) is 5.92 Å². The molecular weight excluding hydrogens is 216 g/mol. The molecule has 0 heteroatoms. The van der Waals surface area contributed by atoms with Crippen molar-refractivity contribution in [3.05, 3.63) is 34.4 Å². The fourth-order valence-corrected chi connectivity index (χ4v) is 2.93. The normalized spacial score (nSPS) is 15.2. The highest BCUT2D eigenvalue weighted by atomic mass is 14.3. The molecule has 1 aliphatic rings. The summed E-state index contributed by atoms with van der Waals surface area (Å²) in [6.07, 6.45) is 5.33. The number of aryl methyl sites for hydroxylation is 2. The molecule has 0 saturated carbocycles. The van der Waals surface area contributed by atoms with Crippen LogP contribution in [0.2, 0.25) is 0 Å². The summed E-state index contributed by atoms with van der Waals surface area (Å²) < 4.78 is 0. The van der Waals surface area contributed by atoms with Crippen molar-refractivity contribution in [2.24, 2.45) is 0 Å². The van der Waals surface area contributed by atoms with Crippen LogP contribution in [0.4, 0.5) is 0 Å². The summed E-state index contributed by atoms with van der Waals surface area (Å²) in [5.41, 5.74) is 6.64. The van der Waals surface area contributed by atoms with Crippen LogP contribution >= 0.6 is 0 Å². The Morgan fingerprint density at radius 2 is 1.44 bits per heavy atom. The molecule has 0 spiro atoms. The van der Waals surface area contributed by atoms with Gasteiger partial charge in [0.15, 0.2) is 0 Å². The van der Waals surface area contributed by atoms with Gasteiger partial charge >= 0.3 is 0 Å². The smallest absolute Gasteiger partial charge is 0.0129 e. The SMILES string of the molecule is C.CC(C)c1cc2c(cc1C(C)(C)C)CCCC2. The molecule has 1 aromatic carbocycles. The number of hydrogen-bond donors (Lipinski definition) is 0. The van der Waals surface area contributed by atoms with Crippen LogP contribution in [-0.4, -0.2) is 0 Å². The van der Waals surface area contributed by atoms with Crippen LogP contribution in [0.3, 0.4) is 0 Å². The van der Waals surface area contributed by atoms with E-state index < -0.39 is 0 Å². The van der Waals surface area contributed by atoms with Crippen molar-refractivity contribution in [1.82, 2.24) is 0 Å². The van der Waals surface area contributed by atoms with Crippen molar-refractivity contribution in [1.29, 1.82) is 0 Å². The number of fused-ring (bicyclic) bond motifs is 1. The first-order valence-electron chi connectivity index (χ1n) is 7.06. The molecule has 0 N–H and O–H groups in total. The topological polar surface area (TPSA) is 0 Å². The highest BCUT2D eigenvalue weighted by Crippen LogP contribution is 2.35. The van der Waals surface area contributed by atoms with Gasteiger partial charge in [-0.1, -0.05) is 54.2 Å². The maximum absolute atomic E-state index is 2.50. The summed E-state index contributed by atoms with van der Waals surface area (Å²) in [5.74, 6) is 0.636. The predicted octanol–water partition coefficient (Wildman–Crippen LogP) is 5.62. The van der Waals surface area contributed by atoms with Crippen LogP contribution in [0, 0.1) is 0 Å². The molecule has 0 heterocycles. The van der Waals surface area contributed by atoms with E-state index in [9.17, 15) is 0 Å². The lowest BCUT2D eigenvalue weighted by Gasteiger charge is -2.28. The van der Waals surface area contributed by atoms with Gasteiger partial charge in [-0.25, -0.2) is 0 Å². The van der Waals surface area contributed by atoms with Crippen molar-refractivity contribution in [2.45, 2.75) is 79.1 Å². The largest absolute Gasteiger partial charge is 0.0776 e. The van der Waals surface area contributed by atoms with E-state index in [1.165, 1.54) is 25.7 Å². The standard InChI is InChI=1S/C17H26.CH4/c1-12(2)15-10-13-8-6-7-9-14(13)11-16(15)17(3,4)5;/h10-12H,6-9H2,1-5H3;1H4. The van der Waals surface area contributed by atoms with Crippen molar-refractivity contribution in [3.63, 3.8) is 0 Å². The van der Waals surface area contributed by atoms with E-state index >= 15 is 0 Å². The van der Waals surface area contributed by atoms with Gasteiger partial charge < -0.3 is 0 Å². The Bertz CT molecular complexity index is 405. The summed E-state index contributed by atoms with van der Waals surface area (Å²) >= 11 is 0. The Hall–Kier alpha value is -0.780. The van der Waals surface area contributed by atoms with Gasteiger partial charge in [-0.15, -0.1) is 0 Å². The third-order valence-corrected chi connectivity index (χ3v) is 3.94. The minimum Gasteiger partial charge on any atom is -0.0776 e. The Morgan fingerprint density at radius 3 is 1.89 bits per heavy atom. The molecule has 0 aliphatic heterocycles. The first-order chi connectivity index (χ1) is 7.89. The molecule has 0 aromatic heterocycles. The summed E-state index contributed by atoms with van der Waals surface area (Å²) in [5, 5.41) is 0. The molecule has 0 saturated heterocycles. The van der Waals surface area contributed by atoms with Gasteiger partial charge in [0.2, 0.25) is 0 Å². The quantitative estimate of drug-likeness (QED) is 0.603. The van der Waals surface area contributed by atoms with Gasteiger partial charge in [0, 0.05) is 0 Å². The van der Waals surface area contributed by atoms with Crippen LogP contribution in [0.15, 0.2) is 12.1 Å². The van der Waals surface area contributed by atoms with Crippen LogP contribution in [0.1, 0.15) is 83.1 Å². The Morgan fingerprint density at radius 1 is 0.944 bits per heavy atom. The summed E-state index contributed by atoms with van der Waals surface area (Å²) in [6.45, 7) is 11.6. The van der Waals surface area contributed by atoms with Crippen LogP contribution < -0.4 is 0 Å². The molecule has 2 rings (SSSR count). The van der Waals surface area contributed by atoms with Gasteiger partial charge in [-0.3, -0.25) is 0 Å². The lowest BCUT2D eigenvalue weighted by molar-refractivity contribution is 0.572. The fraction of sp³-hybridized carbons (Fsp3) is 0.667. The Balaban J connectivity index is 0.00000162. The van der Waals surface area contributed by atoms with Crippen molar-refractivity contribution in [2.75, 3.05) is 0 Å². The highest BCUT2D eigenvalue weighted by Gasteiger charge is 2.22. The average Bonchev–Trinajstić information content (AvgIpc) is 2.26. The van der Waals surface area contributed by atoms with E-state index in [0.717, 1.165) is 0 Å². The molecule has 1 aromatic rings. The highest BCUT2D eigenvalue weighted by molar-refractivity contribution is 5.44. The molecular formula is C18H30. The predicted molar refractivity (Wildman–Crippen MR) is 82.6 cm³/mol. The molecule has 18 heavy (non-hydrogen) atoms. The number of rotatable bonds is 1. The lowest BCUT2D eigenvalue weighted by atomic mass is 9.77. The van der Waals surface area contributed by atoms with Crippen molar-refractivity contribution in [3.8, 4) is 0 Å². The van der Waals surface area contributed by atoms with Crippen LogP contribution in [0.5, 0.6) is 0 Å². The second-order valence-electron chi connectivity index (χ2n) is 6.82. The zero-order chi connectivity index (χ0) is 12.6. The zero-order valence-electron chi connectivity index (χ0n) is 12.1. The molecule has 0 bridgehead atoms. The Kier molecular flexibility index (Phi) is 4.64. The second kappa shape index (κ2) is 5.47.